The summed E-state index contributed by atoms with van der Waals surface area (Å²) in [7, 11) is 0. The van der Waals surface area contributed by atoms with Gasteiger partial charge in [-0.3, -0.25) is 14.8 Å². The van der Waals surface area contributed by atoms with Gasteiger partial charge in [0, 0.05) is 21.3 Å². The van der Waals surface area contributed by atoms with Crippen LogP contribution in [-0.2, 0) is 0 Å². The van der Waals surface area contributed by atoms with E-state index < -0.39 is 0 Å². The minimum Gasteiger partial charge on any atom is -0.295 e. The lowest BCUT2D eigenvalue weighted by atomic mass is 9.95. The number of benzene rings is 3. The zero-order valence-corrected chi connectivity index (χ0v) is 18.3. The van der Waals surface area contributed by atoms with Gasteiger partial charge in [0.2, 0.25) is 0 Å². The van der Waals surface area contributed by atoms with E-state index in [1.807, 2.05) is 60.4 Å². The zero-order valence-electron chi connectivity index (χ0n) is 16.7. The van der Waals surface area contributed by atoms with Crippen LogP contribution in [0, 0.1) is 13.8 Å². The number of halogens is 1. The Morgan fingerprint density at radius 3 is 2.10 bits per heavy atom. The quantitative estimate of drug-likeness (QED) is 0.397. The molecule has 5 heteroatoms. The Hall–Kier alpha value is -3.18. The van der Waals surface area contributed by atoms with Gasteiger partial charge < -0.3 is 0 Å². The molecule has 1 aliphatic heterocycles. The number of aromatic nitrogens is 2. The van der Waals surface area contributed by atoms with Gasteiger partial charge in [0.15, 0.2) is 0 Å². The van der Waals surface area contributed by atoms with Gasteiger partial charge in [-0.05, 0) is 43.7 Å². The van der Waals surface area contributed by atoms with Crippen LogP contribution in [0.15, 0.2) is 77.3 Å². The van der Waals surface area contributed by atoms with E-state index in [0.717, 1.165) is 38.1 Å². The number of amides is 1. The van der Waals surface area contributed by atoms with Crippen LogP contribution in [-0.4, -0.2) is 16.1 Å². The number of rotatable bonds is 3. The molecule has 30 heavy (non-hydrogen) atoms. The number of anilines is 1. The second kappa shape index (κ2) is 7.26. The molecule has 1 N–H and O–H groups in total. The second-order valence-electron chi connectivity index (χ2n) is 7.69. The molecule has 2 heterocycles. The van der Waals surface area contributed by atoms with Gasteiger partial charge in [-0.15, -0.1) is 0 Å². The van der Waals surface area contributed by atoms with Gasteiger partial charge in [0.05, 0.1) is 11.7 Å². The Kier molecular flexibility index (Phi) is 4.55. The molecule has 5 rings (SSSR count). The van der Waals surface area contributed by atoms with Crippen molar-refractivity contribution in [1.82, 2.24) is 10.2 Å². The fraction of sp³-hybridized carbons (Fsp3) is 0.120. The Bertz CT molecular complexity index is 1230. The maximum absolute atomic E-state index is 13.5. The molecule has 0 fully saturated rings. The van der Waals surface area contributed by atoms with Gasteiger partial charge in [-0.1, -0.05) is 75.6 Å². The number of H-pyrrole nitrogens is 1. The minimum atomic E-state index is -0.242. The van der Waals surface area contributed by atoms with E-state index >= 15 is 0 Å². The number of hydrogen-bond donors (Lipinski definition) is 1. The second-order valence-corrected chi connectivity index (χ2v) is 8.61. The van der Waals surface area contributed by atoms with Crippen molar-refractivity contribution in [2.75, 3.05) is 4.90 Å². The number of aromatic amines is 1. The van der Waals surface area contributed by atoms with Crippen molar-refractivity contribution in [3.05, 3.63) is 105 Å². The first-order chi connectivity index (χ1) is 14.5. The molecule has 4 aromatic rings. The summed E-state index contributed by atoms with van der Waals surface area (Å²) in [5.41, 5.74) is 7.55. The highest BCUT2D eigenvalue weighted by atomic mass is 79.9. The summed E-state index contributed by atoms with van der Waals surface area (Å²) >= 11 is 3.49. The number of carbonyl (C=O) groups excluding carboxylic acids is 1. The first kappa shape index (κ1) is 18.8. The summed E-state index contributed by atoms with van der Waals surface area (Å²) in [6, 6.07) is 24.2. The van der Waals surface area contributed by atoms with Crippen LogP contribution in [0.5, 0.6) is 0 Å². The SMILES string of the molecule is Cc1ccc([C@@H]2c3c(-c4ccc(Br)cc4)n[nH]c3C(=O)N2c2ccc(C)cc2)cc1. The molecule has 4 nitrogen and oxygen atoms in total. The van der Waals surface area contributed by atoms with Crippen LogP contribution in [0.1, 0.15) is 38.8 Å². The van der Waals surface area contributed by atoms with Crippen molar-refractivity contribution in [3.8, 4) is 11.3 Å². The number of carbonyl (C=O) groups is 1. The molecule has 1 aliphatic rings. The first-order valence-corrected chi connectivity index (χ1v) is 10.6. The standard InChI is InChI=1S/C25H20BrN3O/c1-15-3-7-18(8-4-15)24-21-22(17-9-11-19(26)12-10-17)27-28-23(21)25(30)29(24)20-13-5-16(2)6-14-20/h3-14,24H,1-2H3,(H,27,28)/t24-/m1/s1. The molecule has 3 aromatic carbocycles. The van der Waals surface area contributed by atoms with E-state index in [2.05, 4.69) is 57.3 Å². The number of hydrogen-bond acceptors (Lipinski definition) is 2. The van der Waals surface area contributed by atoms with E-state index in [4.69, 9.17) is 0 Å². The molecule has 0 saturated carbocycles. The highest BCUT2D eigenvalue weighted by Gasteiger charge is 2.43. The fourth-order valence-corrected chi connectivity index (χ4v) is 4.28. The normalized spacial score (nSPS) is 15.5. The van der Waals surface area contributed by atoms with Crippen LogP contribution in [0.4, 0.5) is 5.69 Å². The Morgan fingerprint density at radius 2 is 1.47 bits per heavy atom. The lowest BCUT2D eigenvalue weighted by Gasteiger charge is -2.26. The molecule has 0 radical (unpaired) electrons. The first-order valence-electron chi connectivity index (χ1n) is 9.84. The molecule has 1 amide bonds. The van der Waals surface area contributed by atoms with Gasteiger partial charge in [0.1, 0.15) is 5.69 Å². The smallest absolute Gasteiger partial charge is 0.277 e. The van der Waals surface area contributed by atoms with Crippen molar-refractivity contribution >= 4 is 27.5 Å². The van der Waals surface area contributed by atoms with E-state index in [0.29, 0.717) is 5.69 Å². The third-order valence-electron chi connectivity index (χ3n) is 5.59. The topological polar surface area (TPSA) is 49.0 Å². The molecule has 0 unspecified atom stereocenters. The van der Waals surface area contributed by atoms with E-state index in [1.165, 1.54) is 5.56 Å². The van der Waals surface area contributed by atoms with Crippen molar-refractivity contribution < 1.29 is 4.79 Å². The van der Waals surface area contributed by atoms with Gasteiger partial charge in [-0.25, -0.2) is 0 Å². The van der Waals surface area contributed by atoms with Crippen molar-refractivity contribution in [3.63, 3.8) is 0 Å². The highest BCUT2D eigenvalue weighted by Crippen LogP contribution is 2.45. The van der Waals surface area contributed by atoms with Crippen LogP contribution >= 0.6 is 15.9 Å². The number of fused-ring (bicyclic) bond motifs is 1. The van der Waals surface area contributed by atoms with Crippen LogP contribution in [0.25, 0.3) is 11.3 Å². The monoisotopic (exact) mass is 457 g/mol. The third-order valence-corrected chi connectivity index (χ3v) is 6.12. The molecular formula is C25H20BrN3O. The lowest BCUT2D eigenvalue weighted by Crippen LogP contribution is -2.29. The predicted molar refractivity (Wildman–Crippen MR) is 123 cm³/mol. The number of nitrogens with one attached hydrogen (secondary N) is 1. The summed E-state index contributed by atoms with van der Waals surface area (Å²) in [5.74, 6) is -0.0599. The predicted octanol–water partition coefficient (Wildman–Crippen LogP) is 6.21. The lowest BCUT2D eigenvalue weighted by molar-refractivity contribution is 0.0989. The summed E-state index contributed by atoms with van der Waals surface area (Å²) in [6.45, 7) is 4.11. The summed E-state index contributed by atoms with van der Waals surface area (Å²) in [5, 5.41) is 7.55. The summed E-state index contributed by atoms with van der Waals surface area (Å²) < 4.78 is 1.01. The maximum atomic E-state index is 13.5. The summed E-state index contributed by atoms with van der Waals surface area (Å²) in [4.78, 5) is 15.3. The fourth-order valence-electron chi connectivity index (χ4n) is 4.01. The van der Waals surface area contributed by atoms with E-state index in [9.17, 15) is 4.79 Å². The molecule has 0 bridgehead atoms. The van der Waals surface area contributed by atoms with Gasteiger partial charge in [0.25, 0.3) is 5.91 Å². The molecule has 0 saturated heterocycles. The van der Waals surface area contributed by atoms with Crippen molar-refractivity contribution in [2.24, 2.45) is 0 Å². The van der Waals surface area contributed by atoms with Gasteiger partial charge in [-0.2, -0.15) is 5.10 Å². The zero-order chi connectivity index (χ0) is 20.8. The average Bonchev–Trinajstić information content (AvgIpc) is 3.29. The van der Waals surface area contributed by atoms with Crippen LogP contribution in [0.2, 0.25) is 0 Å². The Labute approximate surface area is 183 Å². The largest absolute Gasteiger partial charge is 0.295 e. The van der Waals surface area contributed by atoms with Crippen LogP contribution in [0.3, 0.4) is 0 Å². The molecule has 148 valence electrons. The minimum absolute atomic E-state index is 0.0599. The Morgan fingerprint density at radius 1 is 0.867 bits per heavy atom. The van der Waals surface area contributed by atoms with E-state index in [1.54, 1.807) is 0 Å². The molecular weight excluding hydrogens is 438 g/mol. The number of aryl methyl sites for hydroxylation is 2. The van der Waals surface area contributed by atoms with Crippen LogP contribution < -0.4 is 4.90 Å². The molecule has 0 aliphatic carbocycles. The van der Waals surface area contributed by atoms with Crippen molar-refractivity contribution in [1.29, 1.82) is 0 Å². The maximum Gasteiger partial charge on any atom is 0.277 e. The molecule has 1 aromatic heterocycles. The Balaban J connectivity index is 1.71. The van der Waals surface area contributed by atoms with Crippen molar-refractivity contribution in [2.45, 2.75) is 19.9 Å². The van der Waals surface area contributed by atoms with E-state index in [-0.39, 0.29) is 11.9 Å². The molecule has 0 spiro atoms. The number of nitrogens with zero attached hydrogens (tertiary/aromatic N) is 2. The summed E-state index contributed by atoms with van der Waals surface area (Å²) in [6.07, 6.45) is 0. The molecule has 1 atom stereocenters. The van der Waals surface area contributed by atoms with Gasteiger partial charge >= 0.3 is 0 Å². The average molecular weight is 458 g/mol. The highest BCUT2D eigenvalue weighted by molar-refractivity contribution is 9.10. The third kappa shape index (κ3) is 3.06.